The molecule has 1 saturated heterocycles. The lowest BCUT2D eigenvalue weighted by atomic mass is 10.2. The summed E-state index contributed by atoms with van der Waals surface area (Å²) < 4.78 is 17.9. The molecule has 1 fully saturated rings. The summed E-state index contributed by atoms with van der Waals surface area (Å²) in [5, 5.41) is 3.03. The topological polar surface area (TPSA) is 87.7 Å². The van der Waals surface area contributed by atoms with Crippen LogP contribution in [-0.2, 0) is 11.3 Å². The molecule has 8 nitrogen and oxygen atoms in total. The Labute approximate surface area is 162 Å². The summed E-state index contributed by atoms with van der Waals surface area (Å²) in [6.07, 6.45) is 1.16. The van der Waals surface area contributed by atoms with Gasteiger partial charge in [-0.1, -0.05) is 12.1 Å². The zero-order valence-corrected chi connectivity index (χ0v) is 15.6. The Balaban J connectivity index is 1.56. The summed E-state index contributed by atoms with van der Waals surface area (Å²) in [6, 6.07) is 7.66. The molecule has 0 bridgehead atoms. The summed E-state index contributed by atoms with van der Waals surface area (Å²) in [6.45, 7) is 4.17. The van der Waals surface area contributed by atoms with Crippen LogP contribution in [0, 0.1) is 5.82 Å². The summed E-state index contributed by atoms with van der Waals surface area (Å²) >= 11 is 0. The first-order valence-corrected chi connectivity index (χ1v) is 9.09. The number of carbonyl (C=O) groups excluding carboxylic acids is 2. The van der Waals surface area contributed by atoms with Crippen molar-refractivity contribution < 1.29 is 18.7 Å². The van der Waals surface area contributed by atoms with E-state index in [1.54, 1.807) is 34.9 Å². The average molecular weight is 387 g/mol. The van der Waals surface area contributed by atoms with Crippen LogP contribution < -0.4 is 5.32 Å². The van der Waals surface area contributed by atoms with E-state index in [9.17, 15) is 14.0 Å². The number of carbonyl (C=O) groups is 2. The number of anilines is 1. The highest BCUT2D eigenvalue weighted by atomic mass is 19.1. The van der Waals surface area contributed by atoms with E-state index >= 15 is 0 Å². The van der Waals surface area contributed by atoms with Crippen molar-refractivity contribution >= 4 is 17.9 Å². The number of hydrogen-bond acceptors (Lipinski definition) is 6. The van der Waals surface area contributed by atoms with E-state index < -0.39 is 0 Å². The molecule has 2 amide bonds. The van der Waals surface area contributed by atoms with E-state index in [4.69, 9.17) is 4.74 Å². The van der Waals surface area contributed by atoms with E-state index in [2.05, 4.69) is 15.3 Å². The fourth-order valence-corrected chi connectivity index (χ4v) is 2.82. The van der Waals surface area contributed by atoms with Gasteiger partial charge in [-0.05, 0) is 30.7 Å². The molecule has 1 aromatic heterocycles. The minimum absolute atomic E-state index is 0.212. The molecule has 0 aliphatic carbocycles. The van der Waals surface area contributed by atoms with Gasteiger partial charge in [0.1, 0.15) is 11.5 Å². The molecule has 28 heavy (non-hydrogen) atoms. The van der Waals surface area contributed by atoms with Gasteiger partial charge >= 0.3 is 6.09 Å². The average Bonchev–Trinajstić information content (AvgIpc) is 2.73. The molecule has 0 unspecified atom stereocenters. The first-order chi connectivity index (χ1) is 13.6. The highest BCUT2D eigenvalue weighted by molar-refractivity contribution is 5.92. The Morgan fingerprint density at radius 1 is 1.11 bits per heavy atom. The van der Waals surface area contributed by atoms with E-state index in [1.807, 2.05) is 0 Å². The third-order valence-corrected chi connectivity index (χ3v) is 4.33. The number of rotatable bonds is 5. The number of nitrogens with one attached hydrogen (secondary N) is 1. The molecule has 148 valence electrons. The molecule has 1 N–H and O–H groups in total. The monoisotopic (exact) mass is 387 g/mol. The van der Waals surface area contributed by atoms with Crippen LogP contribution in [0.4, 0.5) is 15.1 Å². The summed E-state index contributed by atoms with van der Waals surface area (Å²) in [5.74, 6) is -0.188. The van der Waals surface area contributed by atoms with Gasteiger partial charge in [-0.2, -0.15) is 0 Å². The van der Waals surface area contributed by atoms with Crippen LogP contribution in [0.15, 0.2) is 36.5 Å². The van der Waals surface area contributed by atoms with Gasteiger partial charge < -0.3 is 19.9 Å². The highest BCUT2D eigenvalue weighted by Crippen LogP contribution is 2.11. The molecule has 2 heterocycles. The number of nitrogens with zero attached hydrogens (tertiary/aromatic N) is 4. The Kier molecular flexibility index (Phi) is 6.36. The van der Waals surface area contributed by atoms with Crippen LogP contribution in [0.5, 0.6) is 0 Å². The number of piperazine rings is 1. The molecule has 0 radical (unpaired) electrons. The molecule has 0 atom stereocenters. The molecule has 2 aromatic rings. The van der Waals surface area contributed by atoms with Gasteiger partial charge in [-0.25, -0.2) is 19.2 Å². The van der Waals surface area contributed by atoms with Crippen molar-refractivity contribution in [1.82, 2.24) is 19.8 Å². The van der Waals surface area contributed by atoms with E-state index in [0.29, 0.717) is 45.3 Å². The van der Waals surface area contributed by atoms with Crippen molar-refractivity contribution in [2.45, 2.75) is 13.5 Å². The van der Waals surface area contributed by atoms with Gasteiger partial charge in [0.25, 0.3) is 5.91 Å². The van der Waals surface area contributed by atoms with Crippen molar-refractivity contribution in [3.05, 3.63) is 53.6 Å². The fourth-order valence-electron chi connectivity index (χ4n) is 2.82. The number of aromatic nitrogens is 2. The normalized spacial score (nSPS) is 13.9. The van der Waals surface area contributed by atoms with E-state index in [0.717, 1.165) is 5.56 Å². The zero-order valence-electron chi connectivity index (χ0n) is 15.6. The van der Waals surface area contributed by atoms with Gasteiger partial charge in [0.2, 0.25) is 5.95 Å². The molecular weight excluding hydrogens is 365 g/mol. The van der Waals surface area contributed by atoms with Crippen molar-refractivity contribution in [2.24, 2.45) is 0 Å². The van der Waals surface area contributed by atoms with Crippen LogP contribution in [0.3, 0.4) is 0 Å². The predicted molar refractivity (Wildman–Crippen MR) is 100 cm³/mol. The van der Waals surface area contributed by atoms with Crippen molar-refractivity contribution in [2.75, 3.05) is 38.1 Å². The molecular formula is C19H22FN5O3. The third-order valence-electron chi connectivity index (χ3n) is 4.33. The molecule has 0 spiro atoms. The maximum Gasteiger partial charge on any atom is 0.409 e. The number of hydrogen-bond donors (Lipinski definition) is 1. The minimum Gasteiger partial charge on any atom is -0.450 e. The van der Waals surface area contributed by atoms with Gasteiger partial charge in [0.15, 0.2) is 0 Å². The van der Waals surface area contributed by atoms with Gasteiger partial charge in [-0.15, -0.1) is 0 Å². The smallest absolute Gasteiger partial charge is 0.409 e. The van der Waals surface area contributed by atoms with Crippen LogP contribution in [0.1, 0.15) is 23.0 Å². The Hall–Kier alpha value is -3.23. The molecule has 3 rings (SSSR count). The Bertz CT molecular complexity index is 823. The molecule has 0 saturated carbocycles. The van der Waals surface area contributed by atoms with Crippen LogP contribution in [0.25, 0.3) is 0 Å². The second-order valence-corrected chi connectivity index (χ2v) is 6.22. The SMILES string of the molecule is CCOC(=O)N1CCN(C(=O)c2ccnc(NCc3ccc(F)cc3)n2)CC1. The second-order valence-electron chi connectivity index (χ2n) is 6.22. The summed E-state index contributed by atoms with van der Waals surface area (Å²) in [4.78, 5) is 36.1. The summed E-state index contributed by atoms with van der Waals surface area (Å²) in [7, 11) is 0. The lowest BCUT2D eigenvalue weighted by Gasteiger charge is -2.33. The standard InChI is InChI=1S/C19H22FN5O3/c1-2-28-19(27)25-11-9-24(10-12-25)17(26)16-7-8-21-18(23-16)22-13-14-3-5-15(20)6-4-14/h3-8H,2,9-13H2,1H3,(H,21,22,23). The van der Waals surface area contributed by atoms with Crippen molar-refractivity contribution in [3.8, 4) is 0 Å². The largest absolute Gasteiger partial charge is 0.450 e. The van der Waals surface area contributed by atoms with Crippen LogP contribution in [-0.4, -0.2) is 64.6 Å². The zero-order chi connectivity index (χ0) is 19.9. The lowest BCUT2D eigenvalue weighted by molar-refractivity contribution is 0.0566. The highest BCUT2D eigenvalue weighted by Gasteiger charge is 2.26. The molecule has 9 heteroatoms. The van der Waals surface area contributed by atoms with Gasteiger partial charge in [0.05, 0.1) is 6.61 Å². The number of halogens is 1. The molecule has 1 aliphatic rings. The van der Waals surface area contributed by atoms with Crippen molar-refractivity contribution in [3.63, 3.8) is 0 Å². The number of benzene rings is 1. The number of ether oxygens (including phenoxy) is 1. The maximum atomic E-state index is 13.0. The first-order valence-electron chi connectivity index (χ1n) is 9.09. The second kappa shape index (κ2) is 9.12. The van der Waals surface area contributed by atoms with Crippen LogP contribution in [0.2, 0.25) is 0 Å². The minimum atomic E-state index is -0.357. The van der Waals surface area contributed by atoms with Gasteiger partial charge in [-0.3, -0.25) is 4.79 Å². The Morgan fingerprint density at radius 3 is 2.46 bits per heavy atom. The van der Waals surface area contributed by atoms with E-state index in [-0.39, 0.29) is 23.5 Å². The Morgan fingerprint density at radius 2 is 1.79 bits per heavy atom. The summed E-state index contributed by atoms with van der Waals surface area (Å²) in [5.41, 5.74) is 1.15. The number of amides is 2. The third kappa shape index (κ3) is 4.93. The maximum absolute atomic E-state index is 13.0. The molecule has 1 aromatic carbocycles. The van der Waals surface area contributed by atoms with Crippen molar-refractivity contribution in [1.29, 1.82) is 0 Å². The lowest BCUT2D eigenvalue weighted by Crippen LogP contribution is -2.50. The molecule has 1 aliphatic heterocycles. The van der Waals surface area contributed by atoms with E-state index in [1.165, 1.54) is 18.3 Å². The first kappa shape index (κ1) is 19.5. The van der Waals surface area contributed by atoms with Gasteiger partial charge in [0, 0.05) is 38.9 Å². The van der Waals surface area contributed by atoms with Crippen LogP contribution >= 0.6 is 0 Å². The fraction of sp³-hybridized carbons (Fsp3) is 0.368. The predicted octanol–water partition coefficient (Wildman–Crippen LogP) is 2.14. The quantitative estimate of drug-likeness (QED) is 0.846.